The number of benzene rings is 2. The van der Waals surface area contributed by atoms with E-state index in [4.69, 9.17) is 11.5 Å². The van der Waals surface area contributed by atoms with Gasteiger partial charge in [0, 0.05) is 31.7 Å². The van der Waals surface area contributed by atoms with E-state index in [1.165, 1.54) is 16.7 Å². The van der Waals surface area contributed by atoms with E-state index >= 15 is 0 Å². The van der Waals surface area contributed by atoms with Gasteiger partial charge < -0.3 is 16.8 Å². The molecule has 1 aliphatic rings. The summed E-state index contributed by atoms with van der Waals surface area (Å²) in [5.74, 6) is 0. The van der Waals surface area contributed by atoms with Gasteiger partial charge in [-0.2, -0.15) is 0 Å². The van der Waals surface area contributed by atoms with Crippen molar-refractivity contribution < 1.29 is 0 Å². The first-order chi connectivity index (χ1) is 13.6. The highest BCUT2D eigenvalue weighted by atomic mass is 15.3. The zero-order valence-electron chi connectivity index (χ0n) is 16.9. The summed E-state index contributed by atoms with van der Waals surface area (Å²) in [7, 11) is 0. The number of nitrogens with one attached hydrogen (secondary N) is 1. The van der Waals surface area contributed by atoms with Crippen LogP contribution in [0.1, 0.15) is 25.0 Å². The Morgan fingerprint density at radius 2 is 1.46 bits per heavy atom. The van der Waals surface area contributed by atoms with Crippen molar-refractivity contribution in [1.82, 2.24) is 10.2 Å². The third kappa shape index (κ3) is 5.18. The van der Waals surface area contributed by atoms with E-state index in [9.17, 15) is 0 Å². The molecule has 2 aromatic rings. The molecule has 28 heavy (non-hydrogen) atoms. The molecule has 3 rings (SSSR count). The Morgan fingerprint density at radius 1 is 0.929 bits per heavy atom. The summed E-state index contributed by atoms with van der Waals surface area (Å²) in [4.78, 5) is 2.35. The Balaban J connectivity index is 1.77. The number of nitrogens with zero attached hydrogens (tertiary/aromatic N) is 1. The van der Waals surface area contributed by atoms with Gasteiger partial charge in [-0.15, -0.1) is 0 Å². The predicted octanol–water partition coefficient (Wildman–Crippen LogP) is 3.08. The van der Waals surface area contributed by atoms with Crippen LogP contribution in [0.25, 0.3) is 12.2 Å². The second-order valence-electron chi connectivity index (χ2n) is 7.58. The van der Waals surface area contributed by atoms with Gasteiger partial charge in [0.05, 0.1) is 6.17 Å². The average Bonchev–Trinajstić information content (AvgIpc) is 2.74. The fourth-order valence-corrected chi connectivity index (χ4v) is 3.79. The first-order valence-corrected chi connectivity index (χ1v) is 10.0. The van der Waals surface area contributed by atoms with Crippen LogP contribution in [0, 0.1) is 0 Å². The first kappa shape index (κ1) is 20.5. The second kappa shape index (κ2) is 9.80. The highest BCUT2D eigenvalue weighted by molar-refractivity contribution is 5.54. The molecule has 1 saturated heterocycles. The van der Waals surface area contributed by atoms with E-state index < -0.39 is 0 Å². The minimum Gasteiger partial charge on any atom is -0.323 e. The summed E-state index contributed by atoms with van der Waals surface area (Å²) in [6, 6.07) is 20.7. The van der Waals surface area contributed by atoms with Crippen LogP contribution >= 0.6 is 0 Å². The van der Waals surface area contributed by atoms with Crippen LogP contribution in [-0.2, 0) is 0 Å². The summed E-state index contributed by atoms with van der Waals surface area (Å²) < 4.78 is 0. The summed E-state index contributed by atoms with van der Waals surface area (Å²) in [6.45, 7) is 6.88. The monoisotopic (exact) mass is 376 g/mol. The van der Waals surface area contributed by atoms with Crippen LogP contribution in [0.15, 0.2) is 71.8 Å². The van der Waals surface area contributed by atoms with Crippen LogP contribution < -0.4 is 16.8 Å². The third-order valence-corrected chi connectivity index (χ3v) is 5.48. The Kier molecular flexibility index (Phi) is 7.18. The largest absolute Gasteiger partial charge is 0.323 e. The summed E-state index contributed by atoms with van der Waals surface area (Å²) in [6.07, 6.45) is 4.19. The lowest BCUT2D eigenvalue weighted by Crippen LogP contribution is -2.63. The highest BCUT2D eigenvalue weighted by Gasteiger charge is 2.32. The lowest BCUT2D eigenvalue weighted by atomic mass is 9.95. The summed E-state index contributed by atoms with van der Waals surface area (Å²) in [5, 5.41) is 3.48. The Morgan fingerprint density at radius 3 is 2.04 bits per heavy atom. The van der Waals surface area contributed by atoms with Crippen molar-refractivity contribution in [2.75, 3.05) is 19.6 Å². The average molecular weight is 377 g/mol. The molecule has 0 bridgehead atoms. The lowest BCUT2D eigenvalue weighted by Gasteiger charge is -2.43. The molecule has 4 nitrogen and oxygen atoms in total. The van der Waals surface area contributed by atoms with Crippen molar-refractivity contribution in [2.45, 2.75) is 32.1 Å². The number of hydrogen-bond acceptors (Lipinski definition) is 4. The Hall–Kier alpha value is -2.24. The number of hydrogen-bond donors (Lipinski definition) is 3. The van der Waals surface area contributed by atoms with Gasteiger partial charge in [-0.25, -0.2) is 0 Å². The quantitative estimate of drug-likeness (QED) is 0.725. The van der Waals surface area contributed by atoms with Gasteiger partial charge in [-0.3, -0.25) is 4.90 Å². The zero-order chi connectivity index (χ0) is 19.9. The molecule has 0 aliphatic carbocycles. The van der Waals surface area contributed by atoms with Gasteiger partial charge in [0.2, 0.25) is 0 Å². The normalized spacial score (nSPS) is 21.4. The molecule has 0 spiro atoms. The van der Waals surface area contributed by atoms with Gasteiger partial charge >= 0.3 is 0 Å². The molecule has 2 aromatic carbocycles. The number of piperazine rings is 1. The number of rotatable bonds is 6. The maximum Gasteiger partial charge on any atom is 0.0798 e. The zero-order valence-corrected chi connectivity index (χ0v) is 16.9. The van der Waals surface area contributed by atoms with Crippen LogP contribution in [0.5, 0.6) is 0 Å². The van der Waals surface area contributed by atoms with Gasteiger partial charge in [0.15, 0.2) is 0 Å². The Bertz CT molecular complexity index is 728. The molecule has 1 fully saturated rings. The van der Waals surface area contributed by atoms with Crippen molar-refractivity contribution in [2.24, 2.45) is 11.5 Å². The highest BCUT2D eigenvalue weighted by Crippen LogP contribution is 2.20. The molecule has 3 unspecified atom stereocenters. The second-order valence-corrected chi connectivity index (χ2v) is 7.58. The van der Waals surface area contributed by atoms with Gasteiger partial charge in [0.25, 0.3) is 0 Å². The molecule has 148 valence electrons. The van der Waals surface area contributed by atoms with Gasteiger partial charge in [-0.05, 0) is 30.5 Å². The smallest absolute Gasteiger partial charge is 0.0798 e. The van der Waals surface area contributed by atoms with E-state index in [0.717, 1.165) is 25.2 Å². The predicted molar refractivity (Wildman–Crippen MR) is 120 cm³/mol. The Labute approximate surface area is 168 Å². The molecule has 5 N–H and O–H groups in total. The van der Waals surface area contributed by atoms with Gasteiger partial charge in [-0.1, -0.05) is 78.4 Å². The van der Waals surface area contributed by atoms with E-state index in [-0.39, 0.29) is 18.2 Å². The molecule has 1 aliphatic heterocycles. The summed E-state index contributed by atoms with van der Waals surface area (Å²) >= 11 is 0. The van der Waals surface area contributed by atoms with Crippen molar-refractivity contribution in [3.63, 3.8) is 0 Å². The maximum atomic E-state index is 6.70. The van der Waals surface area contributed by atoms with Crippen molar-refractivity contribution in [1.29, 1.82) is 0 Å². The van der Waals surface area contributed by atoms with E-state index in [2.05, 4.69) is 60.5 Å². The minimum atomic E-state index is -0.150. The van der Waals surface area contributed by atoms with Crippen LogP contribution in [0.3, 0.4) is 0 Å². The van der Waals surface area contributed by atoms with Gasteiger partial charge in [0.1, 0.15) is 0 Å². The molecular weight excluding hydrogens is 344 g/mol. The molecule has 4 heteroatoms. The molecule has 0 amide bonds. The van der Waals surface area contributed by atoms with E-state index in [1.54, 1.807) is 0 Å². The van der Waals surface area contributed by atoms with Crippen molar-refractivity contribution in [3.05, 3.63) is 82.9 Å². The van der Waals surface area contributed by atoms with E-state index in [1.807, 2.05) is 36.4 Å². The van der Waals surface area contributed by atoms with Crippen molar-refractivity contribution in [3.8, 4) is 0 Å². The molecule has 0 aromatic heterocycles. The molecular formula is C24H32N4. The standard InChI is InChI=1S/C24H32N4/c1-18(15-20-9-5-3-6-10-20)23(25)22-17-27-13-14-28(22)24(26)19(2)16-21-11-7-4-8-12-21/h3-12,15-16,22-24,27H,13-14,17,25-26H2,1-2H3. The first-order valence-electron chi connectivity index (χ1n) is 10.0. The van der Waals surface area contributed by atoms with Crippen LogP contribution in [0.4, 0.5) is 0 Å². The lowest BCUT2D eigenvalue weighted by molar-refractivity contribution is 0.115. The molecule has 3 atom stereocenters. The maximum absolute atomic E-state index is 6.70. The summed E-state index contributed by atoms with van der Waals surface area (Å²) in [5.41, 5.74) is 18.0. The third-order valence-electron chi connectivity index (χ3n) is 5.48. The molecule has 0 radical (unpaired) electrons. The van der Waals surface area contributed by atoms with Crippen LogP contribution in [-0.4, -0.2) is 42.8 Å². The fraction of sp³-hybridized carbons (Fsp3) is 0.333. The fourth-order valence-electron chi connectivity index (χ4n) is 3.79. The van der Waals surface area contributed by atoms with E-state index in [0.29, 0.717) is 0 Å². The molecule has 1 heterocycles. The molecule has 0 saturated carbocycles. The van der Waals surface area contributed by atoms with Crippen LogP contribution in [0.2, 0.25) is 0 Å². The minimum absolute atomic E-state index is 0.0800. The number of nitrogens with two attached hydrogens (primary N) is 2. The SMILES string of the molecule is CC(=Cc1ccccc1)C(N)C1CNCCN1C(N)C(C)=Cc1ccccc1. The topological polar surface area (TPSA) is 67.3 Å². The van der Waals surface area contributed by atoms with Crippen molar-refractivity contribution >= 4 is 12.2 Å².